The third kappa shape index (κ3) is 5.42. The van der Waals surface area contributed by atoms with Gasteiger partial charge in [-0.1, -0.05) is 53.7 Å². The van der Waals surface area contributed by atoms with Gasteiger partial charge in [0.05, 0.1) is 21.9 Å². The van der Waals surface area contributed by atoms with Crippen LogP contribution < -0.4 is 10.9 Å². The predicted molar refractivity (Wildman–Crippen MR) is 121 cm³/mol. The molecule has 9 heteroatoms. The molecule has 4 rings (SSSR count). The first kappa shape index (κ1) is 21.3. The summed E-state index contributed by atoms with van der Waals surface area (Å²) in [7, 11) is 0. The van der Waals surface area contributed by atoms with Gasteiger partial charge in [0.25, 0.3) is 0 Å². The molecule has 1 fully saturated rings. The van der Waals surface area contributed by atoms with Gasteiger partial charge < -0.3 is 4.90 Å². The number of carbonyl (C=O) groups is 3. The molecule has 31 heavy (non-hydrogen) atoms. The Bertz CT molecular complexity index is 1080. The summed E-state index contributed by atoms with van der Waals surface area (Å²) in [5, 5.41) is 0. The Morgan fingerprint density at radius 3 is 2.71 bits per heavy atom. The van der Waals surface area contributed by atoms with Crippen molar-refractivity contribution >= 4 is 51.0 Å². The van der Waals surface area contributed by atoms with Crippen molar-refractivity contribution in [2.45, 2.75) is 24.2 Å². The highest BCUT2D eigenvalue weighted by atomic mass is 32.2. The van der Waals surface area contributed by atoms with Crippen LogP contribution in [0.4, 0.5) is 0 Å². The van der Waals surface area contributed by atoms with Crippen molar-refractivity contribution < 1.29 is 14.4 Å². The molecule has 1 aliphatic rings. The van der Waals surface area contributed by atoms with Gasteiger partial charge in [-0.25, -0.2) is 4.98 Å². The fraction of sp³-hybridized carbons (Fsp3) is 0.273. The van der Waals surface area contributed by atoms with Crippen LogP contribution in [0, 0.1) is 12.8 Å². The van der Waals surface area contributed by atoms with E-state index in [-0.39, 0.29) is 29.9 Å². The van der Waals surface area contributed by atoms with E-state index in [1.165, 1.54) is 23.1 Å². The lowest BCUT2D eigenvalue weighted by Crippen LogP contribution is -2.45. The number of carbonyl (C=O) groups excluding carboxylic acids is 3. The molecule has 0 spiro atoms. The Morgan fingerprint density at radius 2 is 1.94 bits per heavy atom. The number of benzene rings is 2. The SMILES string of the molecule is Cc1ccc(CN2C[C@@H](C(=O)NNC(=O)CSc3nc4ccccc4s3)CC2=O)cc1. The van der Waals surface area contributed by atoms with Crippen molar-refractivity contribution in [1.82, 2.24) is 20.7 Å². The number of thiazole rings is 1. The maximum atomic E-state index is 12.4. The molecule has 7 nitrogen and oxygen atoms in total. The molecule has 0 bridgehead atoms. The van der Waals surface area contributed by atoms with Crippen LogP contribution in [0.2, 0.25) is 0 Å². The normalized spacial score (nSPS) is 16.0. The maximum absolute atomic E-state index is 12.4. The summed E-state index contributed by atoms with van der Waals surface area (Å²) < 4.78 is 1.87. The Labute approximate surface area is 188 Å². The van der Waals surface area contributed by atoms with E-state index in [1.807, 2.05) is 55.5 Å². The number of nitrogens with one attached hydrogen (secondary N) is 2. The first-order chi connectivity index (χ1) is 15.0. The van der Waals surface area contributed by atoms with Crippen LogP contribution in [0.1, 0.15) is 17.5 Å². The van der Waals surface area contributed by atoms with Crippen LogP contribution in [0.15, 0.2) is 52.9 Å². The highest BCUT2D eigenvalue weighted by molar-refractivity contribution is 8.01. The zero-order valence-electron chi connectivity index (χ0n) is 17.0. The first-order valence-corrected chi connectivity index (χ1v) is 11.7. The topological polar surface area (TPSA) is 91.4 Å². The number of likely N-dealkylation sites (tertiary alicyclic amines) is 1. The zero-order valence-corrected chi connectivity index (χ0v) is 18.6. The molecule has 2 N–H and O–H groups in total. The minimum atomic E-state index is -0.477. The maximum Gasteiger partial charge on any atom is 0.248 e. The number of aromatic nitrogens is 1. The number of nitrogens with zero attached hydrogens (tertiary/aromatic N) is 2. The molecule has 2 aromatic carbocycles. The number of hydrogen-bond donors (Lipinski definition) is 2. The average Bonchev–Trinajstić information content (AvgIpc) is 3.35. The summed E-state index contributed by atoms with van der Waals surface area (Å²) in [6.07, 6.45) is 0.147. The fourth-order valence-corrected chi connectivity index (χ4v) is 5.19. The number of hydrogen-bond acceptors (Lipinski definition) is 6. The molecule has 0 saturated carbocycles. The van der Waals surface area contributed by atoms with E-state index in [2.05, 4.69) is 15.8 Å². The lowest BCUT2D eigenvalue weighted by molar-refractivity contribution is -0.130. The molecule has 2 heterocycles. The minimum absolute atomic E-state index is 0.0570. The van der Waals surface area contributed by atoms with E-state index in [0.29, 0.717) is 13.1 Å². The number of fused-ring (bicyclic) bond motifs is 1. The van der Waals surface area contributed by atoms with Gasteiger partial charge in [-0.2, -0.15) is 0 Å². The van der Waals surface area contributed by atoms with Gasteiger partial charge in [0, 0.05) is 19.5 Å². The van der Waals surface area contributed by atoms with Crippen LogP contribution >= 0.6 is 23.1 Å². The van der Waals surface area contributed by atoms with Crippen molar-refractivity contribution in [3.05, 3.63) is 59.7 Å². The van der Waals surface area contributed by atoms with E-state index < -0.39 is 5.92 Å². The summed E-state index contributed by atoms with van der Waals surface area (Å²) >= 11 is 2.85. The molecule has 0 radical (unpaired) electrons. The standard InChI is InChI=1S/C22H22N4O3S2/c1-14-6-8-15(9-7-14)11-26-12-16(10-20(26)28)21(29)25-24-19(27)13-30-22-23-17-4-2-3-5-18(17)31-22/h2-9,16H,10-13H2,1H3,(H,24,27)(H,25,29)/t16-/m0/s1. The van der Waals surface area contributed by atoms with E-state index >= 15 is 0 Å². The van der Waals surface area contributed by atoms with E-state index in [4.69, 9.17) is 0 Å². The summed E-state index contributed by atoms with van der Waals surface area (Å²) in [6.45, 7) is 2.83. The van der Waals surface area contributed by atoms with Crippen LogP contribution in [-0.2, 0) is 20.9 Å². The third-order valence-corrected chi connectivity index (χ3v) is 7.18. The van der Waals surface area contributed by atoms with Gasteiger partial charge in [-0.05, 0) is 24.6 Å². The number of thioether (sulfide) groups is 1. The van der Waals surface area contributed by atoms with Gasteiger partial charge in [0.15, 0.2) is 4.34 Å². The third-order valence-electron chi connectivity index (χ3n) is 5.01. The monoisotopic (exact) mass is 454 g/mol. The molecule has 1 saturated heterocycles. The Hall–Kier alpha value is -2.91. The second-order valence-corrected chi connectivity index (χ2v) is 9.69. The second-order valence-electron chi connectivity index (χ2n) is 7.43. The van der Waals surface area contributed by atoms with E-state index in [1.54, 1.807) is 4.90 Å². The zero-order chi connectivity index (χ0) is 21.8. The molecular weight excluding hydrogens is 432 g/mol. The van der Waals surface area contributed by atoms with Crippen molar-refractivity contribution in [2.24, 2.45) is 5.92 Å². The lowest BCUT2D eigenvalue weighted by atomic mass is 10.1. The van der Waals surface area contributed by atoms with Crippen LogP contribution in [-0.4, -0.2) is 39.9 Å². The van der Waals surface area contributed by atoms with Gasteiger partial charge in [-0.3, -0.25) is 25.2 Å². The van der Waals surface area contributed by atoms with E-state index in [9.17, 15) is 14.4 Å². The largest absolute Gasteiger partial charge is 0.338 e. The molecule has 1 aliphatic heterocycles. The molecule has 1 aromatic heterocycles. The van der Waals surface area contributed by atoms with E-state index in [0.717, 1.165) is 25.7 Å². The van der Waals surface area contributed by atoms with Crippen molar-refractivity contribution in [1.29, 1.82) is 0 Å². The highest BCUT2D eigenvalue weighted by Gasteiger charge is 2.34. The van der Waals surface area contributed by atoms with Gasteiger partial charge in [0.2, 0.25) is 17.7 Å². The Morgan fingerprint density at radius 1 is 1.16 bits per heavy atom. The Kier molecular flexibility index (Phi) is 6.53. The average molecular weight is 455 g/mol. The predicted octanol–water partition coefficient (Wildman–Crippen LogP) is 2.89. The number of rotatable bonds is 6. The van der Waals surface area contributed by atoms with Crippen LogP contribution in [0.3, 0.4) is 0 Å². The summed E-state index contributed by atoms with van der Waals surface area (Å²) in [6, 6.07) is 15.8. The quantitative estimate of drug-likeness (QED) is 0.441. The van der Waals surface area contributed by atoms with Crippen molar-refractivity contribution in [3.8, 4) is 0 Å². The van der Waals surface area contributed by atoms with Crippen LogP contribution in [0.25, 0.3) is 10.2 Å². The lowest BCUT2D eigenvalue weighted by Gasteiger charge is -2.17. The Balaban J connectivity index is 1.22. The van der Waals surface area contributed by atoms with Crippen molar-refractivity contribution in [3.63, 3.8) is 0 Å². The van der Waals surface area contributed by atoms with Gasteiger partial charge in [0.1, 0.15) is 0 Å². The molecule has 1 atom stereocenters. The number of para-hydroxylation sites is 1. The number of amides is 3. The van der Waals surface area contributed by atoms with Gasteiger partial charge in [-0.15, -0.1) is 11.3 Å². The van der Waals surface area contributed by atoms with Gasteiger partial charge >= 0.3 is 0 Å². The summed E-state index contributed by atoms with van der Waals surface area (Å²) in [4.78, 5) is 42.9. The second kappa shape index (κ2) is 9.49. The first-order valence-electron chi connectivity index (χ1n) is 9.88. The molecule has 160 valence electrons. The minimum Gasteiger partial charge on any atom is -0.338 e. The number of aryl methyl sites for hydroxylation is 1. The highest BCUT2D eigenvalue weighted by Crippen LogP contribution is 2.29. The fourth-order valence-electron chi connectivity index (χ4n) is 3.32. The smallest absolute Gasteiger partial charge is 0.248 e. The molecule has 0 unspecified atom stereocenters. The molecule has 3 aromatic rings. The van der Waals surface area contributed by atoms with Crippen molar-refractivity contribution in [2.75, 3.05) is 12.3 Å². The molecule has 0 aliphatic carbocycles. The van der Waals surface area contributed by atoms with Crippen LogP contribution in [0.5, 0.6) is 0 Å². The summed E-state index contributed by atoms with van der Waals surface area (Å²) in [5.41, 5.74) is 7.98. The molecule has 3 amide bonds. The number of hydrazine groups is 1. The summed E-state index contributed by atoms with van der Waals surface area (Å²) in [5.74, 6) is -1.06. The molecular formula is C22H22N4O3S2.